The number of alkyl halides is 3. The van der Waals surface area contributed by atoms with Gasteiger partial charge in [-0.3, -0.25) is 4.90 Å². The number of carbonyl (C=O) groups is 1. The third-order valence-electron chi connectivity index (χ3n) is 7.88. The summed E-state index contributed by atoms with van der Waals surface area (Å²) in [4.78, 5) is 27.1. The second-order valence-corrected chi connectivity index (χ2v) is 12.6. The molecular formula is C28H38BrF4N5O4. The number of anilines is 1. The fourth-order valence-electron chi connectivity index (χ4n) is 5.68. The summed E-state index contributed by atoms with van der Waals surface area (Å²) in [7, 11) is 3.58. The lowest BCUT2D eigenvalue weighted by atomic mass is 10.1. The van der Waals surface area contributed by atoms with Gasteiger partial charge in [-0.15, -0.1) is 0 Å². The summed E-state index contributed by atoms with van der Waals surface area (Å²) in [6.45, 7) is 10.6. The van der Waals surface area contributed by atoms with E-state index in [2.05, 4.69) is 30.8 Å². The number of rotatable bonds is 7. The van der Waals surface area contributed by atoms with Crippen molar-refractivity contribution < 1.29 is 36.6 Å². The largest absolute Gasteiger partial charge is 0.462 e. The molecule has 2 aliphatic rings. The fourth-order valence-corrected chi connectivity index (χ4v) is 6.21. The molecule has 2 saturated heterocycles. The first-order valence-electron chi connectivity index (χ1n) is 13.9. The smallest absolute Gasteiger partial charge is 0.417 e. The Bertz CT molecular complexity index is 1310. The molecule has 2 aliphatic heterocycles. The number of ether oxygens (including phenoxy) is 3. The van der Waals surface area contributed by atoms with Crippen LogP contribution in [0.3, 0.4) is 0 Å². The van der Waals surface area contributed by atoms with Gasteiger partial charge in [-0.2, -0.15) is 23.1 Å². The first-order valence-corrected chi connectivity index (χ1v) is 14.7. The Labute approximate surface area is 251 Å². The zero-order valence-corrected chi connectivity index (χ0v) is 26.5. The van der Waals surface area contributed by atoms with Gasteiger partial charge in [-0.1, -0.05) is 0 Å². The van der Waals surface area contributed by atoms with E-state index in [4.69, 9.17) is 14.2 Å². The molecule has 0 spiro atoms. The lowest BCUT2D eigenvalue weighted by Crippen LogP contribution is -2.47. The average Bonchev–Trinajstić information content (AvgIpc) is 3.45. The van der Waals surface area contributed by atoms with E-state index < -0.39 is 33.7 Å². The molecular weight excluding hydrogens is 626 g/mol. The molecule has 0 unspecified atom stereocenters. The van der Waals surface area contributed by atoms with E-state index in [0.717, 1.165) is 6.07 Å². The number of likely N-dealkylation sites (N-methyl/N-ethyl adjacent to an activating group) is 2. The van der Waals surface area contributed by atoms with Gasteiger partial charge in [0, 0.05) is 38.2 Å². The van der Waals surface area contributed by atoms with Gasteiger partial charge in [0.15, 0.2) is 5.82 Å². The summed E-state index contributed by atoms with van der Waals surface area (Å²) in [6.07, 6.45) is -4.04. The molecule has 0 N–H and O–H groups in total. The Morgan fingerprint density at radius 2 is 1.93 bits per heavy atom. The molecule has 9 nitrogen and oxygen atoms in total. The highest BCUT2D eigenvalue weighted by Gasteiger charge is 2.41. The van der Waals surface area contributed by atoms with Crippen LogP contribution in [0.15, 0.2) is 10.5 Å². The molecule has 0 saturated carbocycles. The highest BCUT2D eigenvalue weighted by Crippen LogP contribution is 2.42. The minimum atomic E-state index is -4.82. The maximum atomic E-state index is 15.6. The number of likely N-dealkylation sites (tertiary alicyclic amines) is 2. The van der Waals surface area contributed by atoms with E-state index in [1.165, 1.54) is 0 Å². The highest BCUT2D eigenvalue weighted by molar-refractivity contribution is 9.10. The van der Waals surface area contributed by atoms with E-state index in [-0.39, 0.29) is 53.6 Å². The molecule has 0 aliphatic carbocycles. The molecule has 0 bridgehead atoms. The molecule has 2 fully saturated rings. The van der Waals surface area contributed by atoms with Crippen molar-refractivity contribution in [2.45, 2.75) is 83.5 Å². The number of methoxy groups -OCH3 is 1. The summed E-state index contributed by atoms with van der Waals surface area (Å²) in [5.74, 6) is -1.05. The van der Waals surface area contributed by atoms with Gasteiger partial charge in [0.1, 0.15) is 23.5 Å². The first-order chi connectivity index (χ1) is 19.6. The summed E-state index contributed by atoms with van der Waals surface area (Å²) < 4.78 is 73.6. The number of carbonyl (C=O) groups excluding carboxylic acids is 1. The zero-order chi connectivity index (χ0) is 31.1. The van der Waals surface area contributed by atoms with Crippen molar-refractivity contribution in [2.24, 2.45) is 0 Å². The number of fused-ring (bicyclic) bond motifs is 1. The Morgan fingerprint density at radius 3 is 2.50 bits per heavy atom. The van der Waals surface area contributed by atoms with Crippen LogP contribution in [0.25, 0.3) is 10.9 Å². The SMILES string of the molecule is CCN(c1nc(OC[C@@H]2C[C@@H](OC)CN2C)nc2c(F)c(Br)c(C(F)(F)F)cc12)[C@@H]1CCN(C(=O)OC(C)(C)C)[C@@H]1C. The quantitative estimate of drug-likeness (QED) is 0.340. The Morgan fingerprint density at radius 1 is 1.24 bits per heavy atom. The molecule has 1 aromatic carbocycles. The third kappa shape index (κ3) is 6.70. The molecule has 3 heterocycles. The van der Waals surface area contributed by atoms with Crippen molar-refractivity contribution in [3.8, 4) is 6.01 Å². The van der Waals surface area contributed by atoms with Gasteiger partial charge in [-0.25, -0.2) is 9.18 Å². The number of aromatic nitrogens is 2. The van der Waals surface area contributed by atoms with Crippen LogP contribution >= 0.6 is 15.9 Å². The van der Waals surface area contributed by atoms with E-state index in [1.807, 2.05) is 20.9 Å². The van der Waals surface area contributed by atoms with Crippen molar-refractivity contribution in [1.82, 2.24) is 19.8 Å². The van der Waals surface area contributed by atoms with Crippen LogP contribution in [-0.4, -0.2) is 96.1 Å². The minimum absolute atomic E-state index is 0.0126. The van der Waals surface area contributed by atoms with Crippen LogP contribution in [0.5, 0.6) is 6.01 Å². The molecule has 234 valence electrons. The molecule has 1 amide bonds. The summed E-state index contributed by atoms with van der Waals surface area (Å²) >= 11 is 2.79. The topological polar surface area (TPSA) is 80.3 Å². The van der Waals surface area contributed by atoms with Crippen molar-refractivity contribution in [2.75, 3.05) is 45.3 Å². The van der Waals surface area contributed by atoms with Crippen LogP contribution < -0.4 is 9.64 Å². The highest BCUT2D eigenvalue weighted by atomic mass is 79.9. The van der Waals surface area contributed by atoms with Crippen molar-refractivity contribution in [1.29, 1.82) is 0 Å². The van der Waals surface area contributed by atoms with Crippen LogP contribution in [-0.2, 0) is 15.7 Å². The number of nitrogens with zero attached hydrogens (tertiary/aromatic N) is 5. The molecule has 14 heteroatoms. The van der Waals surface area contributed by atoms with Gasteiger partial charge >= 0.3 is 18.3 Å². The molecule has 4 rings (SSSR count). The number of hydrogen-bond donors (Lipinski definition) is 0. The van der Waals surface area contributed by atoms with Crippen LogP contribution in [0.4, 0.5) is 28.2 Å². The van der Waals surface area contributed by atoms with E-state index in [0.29, 0.717) is 32.5 Å². The summed E-state index contributed by atoms with van der Waals surface area (Å²) in [5, 5.41) is -0.0995. The third-order valence-corrected chi connectivity index (χ3v) is 8.65. The molecule has 2 aromatic rings. The van der Waals surface area contributed by atoms with Gasteiger partial charge in [0.2, 0.25) is 0 Å². The molecule has 1 aromatic heterocycles. The minimum Gasteiger partial charge on any atom is -0.462 e. The second-order valence-electron chi connectivity index (χ2n) is 11.8. The zero-order valence-electron chi connectivity index (χ0n) is 24.9. The predicted octanol–water partition coefficient (Wildman–Crippen LogP) is 5.87. The van der Waals surface area contributed by atoms with E-state index >= 15 is 4.39 Å². The summed E-state index contributed by atoms with van der Waals surface area (Å²) in [5.41, 5.74) is -2.16. The molecule has 42 heavy (non-hydrogen) atoms. The van der Waals surface area contributed by atoms with Gasteiger partial charge in [-0.05, 0) is 76.5 Å². The molecule has 0 radical (unpaired) electrons. The average molecular weight is 665 g/mol. The van der Waals surface area contributed by atoms with Gasteiger partial charge < -0.3 is 24.0 Å². The Balaban J connectivity index is 1.76. The van der Waals surface area contributed by atoms with Crippen molar-refractivity contribution >= 4 is 38.7 Å². The van der Waals surface area contributed by atoms with Crippen LogP contribution in [0.1, 0.15) is 53.0 Å². The second kappa shape index (κ2) is 12.3. The van der Waals surface area contributed by atoms with Crippen LogP contribution in [0.2, 0.25) is 0 Å². The lowest BCUT2D eigenvalue weighted by Gasteiger charge is -2.35. The van der Waals surface area contributed by atoms with E-state index in [9.17, 15) is 18.0 Å². The molecule has 4 atom stereocenters. The van der Waals surface area contributed by atoms with E-state index in [1.54, 1.807) is 37.7 Å². The standard InChI is InChI=1S/C28H38BrF4N5O4/c1-8-37(20-9-10-38(15(20)2)26(39)42-27(3,4)5)24-18-12-19(28(31,32)33)21(29)22(30)23(18)34-25(35-24)41-14-16-11-17(40-7)13-36(16)6/h12,15-17,20H,8-11,13-14H2,1-7H3/t15-,16+,17-,20-/m1/s1. The number of benzene rings is 1. The van der Waals surface area contributed by atoms with Gasteiger partial charge in [0.25, 0.3) is 0 Å². The number of amides is 1. The maximum absolute atomic E-state index is 15.6. The van der Waals surface area contributed by atoms with Gasteiger partial charge in [0.05, 0.1) is 28.2 Å². The maximum Gasteiger partial charge on any atom is 0.417 e. The summed E-state index contributed by atoms with van der Waals surface area (Å²) in [6, 6.07) is 0.00292. The van der Waals surface area contributed by atoms with Crippen LogP contribution in [0, 0.1) is 5.82 Å². The number of hydrogen-bond acceptors (Lipinski definition) is 8. The Kier molecular flexibility index (Phi) is 9.49. The predicted molar refractivity (Wildman–Crippen MR) is 153 cm³/mol. The number of halogens is 5. The monoisotopic (exact) mass is 663 g/mol. The lowest BCUT2D eigenvalue weighted by molar-refractivity contribution is -0.138. The Hall–Kier alpha value is -2.45. The normalized spacial score (nSPS) is 23.6. The van der Waals surface area contributed by atoms with Crippen molar-refractivity contribution in [3.63, 3.8) is 0 Å². The fraction of sp³-hybridized carbons (Fsp3) is 0.679. The van der Waals surface area contributed by atoms with Crippen molar-refractivity contribution in [3.05, 3.63) is 21.9 Å². The first kappa shape index (κ1) is 32.5.